The van der Waals surface area contributed by atoms with Crippen molar-refractivity contribution in [2.24, 2.45) is 5.73 Å². The summed E-state index contributed by atoms with van der Waals surface area (Å²) in [7, 11) is -3.37. The van der Waals surface area contributed by atoms with Crippen molar-refractivity contribution in [2.75, 3.05) is 26.2 Å². The van der Waals surface area contributed by atoms with Crippen molar-refractivity contribution in [3.8, 4) is 0 Å². The van der Waals surface area contributed by atoms with Crippen molar-refractivity contribution in [3.05, 3.63) is 29.8 Å². The molecule has 0 bridgehead atoms. The van der Waals surface area contributed by atoms with E-state index in [1.807, 2.05) is 6.07 Å². The van der Waals surface area contributed by atoms with Crippen LogP contribution < -0.4 is 5.73 Å². The number of hydrogen-bond acceptors (Lipinski definition) is 4. The van der Waals surface area contributed by atoms with Crippen LogP contribution >= 0.6 is 0 Å². The second-order valence-corrected chi connectivity index (χ2v) is 7.46. The van der Waals surface area contributed by atoms with Gasteiger partial charge in [-0.3, -0.25) is 4.90 Å². The minimum atomic E-state index is -3.37. The Hall–Kier alpha value is -0.950. The van der Waals surface area contributed by atoms with Crippen molar-refractivity contribution in [1.82, 2.24) is 9.21 Å². The third-order valence-electron chi connectivity index (χ3n) is 4.11. The fourth-order valence-electron chi connectivity index (χ4n) is 2.73. The van der Waals surface area contributed by atoms with E-state index in [9.17, 15) is 8.42 Å². The van der Waals surface area contributed by atoms with Gasteiger partial charge in [0.25, 0.3) is 0 Å². The van der Waals surface area contributed by atoms with Gasteiger partial charge in [0, 0.05) is 38.8 Å². The molecule has 2 aliphatic rings. The molecule has 1 heterocycles. The van der Waals surface area contributed by atoms with Crippen LogP contribution in [0.1, 0.15) is 18.4 Å². The number of nitrogens with zero attached hydrogens (tertiary/aromatic N) is 2. The number of rotatable bonds is 4. The van der Waals surface area contributed by atoms with Gasteiger partial charge in [-0.2, -0.15) is 4.31 Å². The SMILES string of the molecule is NCc1cccc(S(=O)(=O)N2CCN(C3CC3)CC2)c1. The van der Waals surface area contributed by atoms with Gasteiger partial charge < -0.3 is 5.73 Å². The Bertz CT molecular complexity index is 576. The van der Waals surface area contributed by atoms with Gasteiger partial charge in [-0.15, -0.1) is 0 Å². The average Bonchev–Trinajstić information content (AvgIpc) is 3.32. The lowest BCUT2D eigenvalue weighted by Gasteiger charge is -2.34. The third kappa shape index (κ3) is 2.74. The van der Waals surface area contributed by atoms with E-state index in [4.69, 9.17) is 5.73 Å². The van der Waals surface area contributed by atoms with Gasteiger partial charge in [-0.05, 0) is 30.5 Å². The number of nitrogens with two attached hydrogens (primary N) is 1. The maximum atomic E-state index is 12.6. The molecule has 0 atom stereocenters. The molecule has 0 amide bonds. The molecule has 0 aromatic heterocycles. The summed E-state index contributed by atoms with van der Waals surface area (Å²) in [4.78, 5) is 2.77. The molecule has 1 saturated carbocycles. The summed E-state index contributed by atoms with van der Waals surface area (Å²) in [6, 6.07) is 7.66. The van der Waals surface area contributed by atoms with Crippen LogP contribution in [0.5, 0.6) is 0 Å². The van der Waals surface area contributed by atoms with E-state index in [1.54, 1.807) is 22.5 Å². The first kappa shape index (κ1) is 14.0. The van der Waals surface area contributed by atoms with E-state index in [0.29, 0.717) is 30.6 Å². The Morgan fingerprint density at radius 3 is 2.45 bits per heavy atom. The van der Waals surface area contributed by atoms with Gasteiger partial charge >= 0.3 is 0 Å². The number of hydrogen-bond donors (Lipinski definition) is 1. The lowest BCUT2D eigenvalue weighted by Crippen LogP contribution is -2.49. The lowest BCUT2D eigenvalue weighted by atomic mass is 10.2. The van der Waals surface area contributed by atoms with Crippen LogP contribution in [0.25, 0.3) is 0 Å². The molecular formula is C14H21N3O2S. The molecule has 1 aromatic carbocycles. The number of sulfonamides is 1. The molecule has 5 nitrogen and oxygen atoms in total. The van der Waals surface area contributed by atoms with Crippen LogP contribution in [0.2, 0.25) is 0 Å². The zero-order chi connectivity index (χ0) is 14.2. The molecule has 0 unspecified atom stereocenters. The summed E-state index contributed by atoms with van der Waals surface area (Å²) in [5.74, 6) is 0. The van der Waals surface area contributed by atoms with E-state index in [-0.39, 0.29) is 0 Å². The highest BCUT2D eigenvalue weighted by Crippen LogP contribution is 2.28. The molecule has 6 heteroatoms. The quantitative estimate of drug-likeness (QED) is 0.884. The Kier molecular flexibility index (Phi) is 3.81. The van der Waals surface area contributed by atoms with Crippen molar-refractivity contribution >= 4 is 10.0 Å². The first-order valence-corrected chi connectivity index (χ1v) is 8.58. The first-order valence-electron chi connectivity index (χ1n) is 7.14. The fourth-order valence-corrected chi connectivity index (χ4v) is 4.22. The summed E-state index contributed by atoms with van der Waals surface area (Å²) in [6.07, 6.45) is 2.54. The first-order chi connectivity index (χ1) is 9.61. The molecule has 1 aliphatic carbocycles. The number of benzene rings is 1. The largest absolute Gasteiger partial charge is 0.326 e. The molecule has 1 saturated heterocycles. The Balaban J connectivity index is 1.74. The standard InChI is InChI=1S/C14H21N3O2S/c15-11-12-2-1-3-14(10-12)20(18,19)17-8-6-16(7-9-17)13-4-5-13/h1-3,10,13H,4-9,11,15H2. The van der Waals surface area contributed by atoms with Crippen molar-refractivity contribution in [2.45, 2.75) is 30.3 Å². The highest BCUT2D eigenvalue weighted by atomic mass is 32.2. The smallest absolute Gasteiger partial charge is 0.243 e. The van der Waals surface area contributed by atoms with Crippen LogP contribution in [0, 0.1) is 0 Å². The molecule has 1 aliphatic heterocycles. The van der Waals surface area contributed by atoms with E-state index in [1.165, 1.54) is 12.8 Å². The summed E-state index contributed by atoms with van der Waals surface area (Å²) in [5.41, 5.74) is 6.43. The molecular weight excluding hydrogens is 274 g/mol. The molecule has 3 rings (SSSR count). The maximum absolute atomic E-state index is 12.6. The highest BCUT2D eigenvalue weighted by Gasteiger charge is 2.34. The second-order valence-electron chi connectivity index (χ2n) is 5.52. The Labute approximate surface area is 120 Å². The zero-order valence-electron chi connectivity index (χ0n) is 11.5. The van der Waals surface area contributed by atoms with Gasteiger partial charge in [-0.25, -0.2) is 8.42 Å². The molecule has 0 radical (unpaired) electrons. The van der Waals surface area contributed by atoms with Gasteiger partial charge in [-0.1, -0.05) is 12.1 Å². The average molecular weight is 295 g/mol. The zero-order valence-corrected chi connectivity index (χ0v) is 12.3. The Morgan fingerprint density at radius 1 is 1.15 bits per heavy atom. The molecule has 2 N–H and O–H groups in total. The van der Waals surface area contributed by atoms with E-state index < -0.39 is 10.0 Å². The van der Waals surface area contributed by atoms with Gasteiger partial charge in [0.2, 0.25) is 10.0 Å². The van der Waals surface area contributed by atoms with E-state index >= 15 is 0 Å². The van der Waals surface area contributed by atoms with E-state index in [0.717, 1.165) is 18.7 Å². The summed E-state index contributed by atoms with van der Waals surface area (Å²) >= 11 is 0. The number of piperazine rings is 1. The topological polar surface area (TPSA) is 66.6 Å². The van der Waals surface area contributed by atoms with Gasteiger partial charge in [0.05, 0.1) is 4.90 Å². The molecule has 2 fully saturated rings. The van der Waals surface area contributed by atoms with Gasteiger partial charge in [0.15, 0.2) is 0 Å². The van der Waals surface area contributed by atoms with Crippen molar-refractivity contribution in [3.63, 3.8) is 0 Å². The van der Waals surface area contributed by atoms with Crippen molar-refractivity contribution in [1.29, 1.82) is 0 Å². The molecule has 110 valence electrons. The lowest BCUT2D eigenvalue weighted by molar-refractivity contribution is 0.180. The predicted molar refractivity (Wildman–Crippen MR) is 77.7 cm³/mol. The minimum Gasteiger partial charge on any atom is -0.326 e. The summed E-state index contributed by atoms with van der Waals surface area (Å²) in [6.45, 7) is 3.23. The van der Waals surface area contributed by atoms with Crippen LogP contribution in [0.3, 0.4) is 0 Å². The molecule has 1 aromatic rings. The summed E-state index contributed by atoms with van der Waals surface area (Å²) < 4.78 is 26.8. The van der Waals surface area contributed by atoms with E-state index in [2.05, 4.69) is 4.90 Å². The predicted octanol–water partition coefficient (Wildman–Crippen LogP) is 0.614. The minimum absolute atomic E-state index is 0.360. The highest BCUT2D eigenvalue weighted by molar-refractivity contribution is 7.89. The van der Waals surface area contributed by atoms with Crippen LogP contribution in [0.15, 0.2) is 29.2 Å². The molecule has 0 spiro atoms. The van der Waals surface area contributed by atoms with Gasteiger partial charge in [0.1, 0.15) is 0 Å². The van der Waals surface area contributed by atoms with Crippen LogP contribution in [-0.2, 0) is 16.6 Å². The third-order valence-corrected chi connectivity index (χ3v) is 6.00. The summed E-state index contributed by atoms with van der Waals surface area (Å²) in [5, 5.41) is 0. The maximum Gasteiger partial charge on any atom is 0.243 e. The molecule has 20 heavy (non-hydrogen) atoms. The Morgan fingerprint density at radius 2 is 1.85 bits per heavy atom. The van der Waals surface area contributed by atoms with Crippen LogP contribution in [0.4, 0.5) is 0 Å². The fraction of sp³-hybridized carbons (Fsp3) is 0.571. The van der Waals surface area contributed by atoms with Crippen molar-refractivity contribution < 1.29 is 8.42 Å². The normalized spacial score (nSPS) is 22.1. The second kappa shape index (κ2) is 5.44. The van der Waals surface area contributed by atoms with Crippen LogP contribution in [-0.4, -0.2) is 49.8 Å². The monoisotopic (exact) mass is 295 g/mol.